The van der Waals surface area contributed by atoms with Gasteiger partial charge in [-0.15, -0.1) is 0 Å². The monoisotopic (exact) mass is 230 g/mol. The van der Waals surface area contributed by atoms with E-state index < -0.39 is 9.04 Å². The minimum Gasteiger partial charge on any atom is -0.516 e. The second-order valence-corrected chi connectivity index (χ2v) is 6.20. The molecule has 0 N–H and O–H groups in total. The number of hydrogen-bond donors (Lipinski definition) is 0. The Kier molecular flexibility index (Phi) is 8.32. The largest absolute Gasteiger partial charge is 0.516 e. The van der Waals surface area contributed by atoms with Gasteiger partial charge in [-0.3, -0.25) is 0 Å². The van der Waals surface area contributed by atoms with Gasteiger partial charge in [0.05, 0.1) is 6.23 Å². The summed E-state index contributed by atoms with van der Waals surface area (Å²) in [5, 5.41) is 0. The van der Waals surface area contributed by atoms with Crippen LogP contribution in [0.25, 0.3) is 0 Å². The molecule has 88 valence electrons. The molecule has 0 radical (unpaired) electrons. The Morgan fingerprint density at radius 1 is 1.40 bits per heavy atom. The second-order valence-electron chi connectivity index (χ2n) is 3.57. The highest BCUT2D eigenvalue weighted by atomic mass is 28.3. The van der Waals surface area contributed by atoms with Gasteiger partial charge >= 0.3 is 5.97 Å². The first-order chi connectivity index (χ1) is 7.15. The van der Waals surface area contributed by atoms with Crippen LogP contribution >= 0.6 is 0 Å². The molecule has 0 bridgehead atoms. The summed E-state index contributed by atoms with van der Waals surface area (Å²) in [4.78, 5) is 11.6. The van der Waals surface area contributed by atoms with Crippen molar-refractivity contribution in [1.29, 1.82) is 0 Å². The highest BCUT2D eigenvalue weighted by Gasteiger charge is 2.15. The van der Waals surface area contributed by atoms with Gasteiger partial charge in [0.25, 0.3) is 9.04 Å². The zero-order chi connectivity index (χ0) is 11.7. The minimum absolute atomic E-state index is 0.168. The van der Waals surface area contributed by atoms with Crippen LogP contribution < -0.4 is 0 Å². The average Bonchev–Trinajstić information content (AvgIpc) is 2.24. The van der Waals surface area contributed by atoms with Gasteiger partial charge in [0.1, 0.15) is 0 Å². The van der Waals surface area contributed by atoms with Crippen LogP contribution in [0.2, 0.25) is 6.04 Å². The Labute approximate surface area is 94.2 Å². The number of methoxy groups -OCH3 is 1. The molecule has 0 aliphatic carbocycles. The van der Waals surface area contributed by atoms with Gasteiger partial charge in [0.2, 0.25) is 0 Å². The SMILES string of the molecule is CCCC=C(C)C(=O)O[SiH](CC)COC. The topological polar surface area (TPSA) is 35.5 Å². The molecule has 4 heteroatoms. The molecule has 0 fully saturated rings. The zero-order valence-corrected chi connectivity index (χ0v) is 11.4. The summed E-state index contributed by atoms with van der Waals surface area (Å²) in [6.45, 7) is 5.93. The maximum absolute atomic E-state index is 11.6. The van der Waals surface area contributed by atoms with Crippen LogP contribution in [-0.2, 0) is 14.0 Å². The fraction of sp³-hybridized carbons (Fsp3) is 0.727. The highest BCUT2D eigenvalue weighted by Crippen LogP contribution is 2.04. The van der Waals surface area contributed by atoms with Gasteiger partial charge in [-0.05, 0) is 19.4 Å². The van der Waals surface area contributed by atoms with E-state index >= 15 is 0 Å². The Bertz CT molecular complexity index is 214. The van der Waals surface area contributed by atoms with Gasteiger partial charge in [-0.2, -0.15) is 0 Å². The maximum atomic E-state index is 11.6. The first kappa shape index (κ1) is 14.4. The molecule has 0 aromatic carbocycles. The third-order valence-corrected chi connectivity index (χ3v) is 4.31. The number of carbonyl (C=O) groups is 1. The van der Waals surface area contributed by atoms with Gasteiger partial charge in [-0.25, -0.2) is 4.79 Å². The van der Waals surface area contributed by atoms with E-state index in [9.17, 15) is 4.79 Å². The smallest absolute Gasteiger partial charge is 0.319 e. The van der Waals surface area contributed by atoms with Crippen molar-refractivity contribution in [2.45, 2.75) is 39.7 Å². The summed E-state index contributed by atoms with van der Waals surface area (Å²) < 4.78 is 10.4. The molecule has 3 nitrogen and oxygen atoms in total. The van der Waals surface area contributed by atoms with Crippen LogP contribution in [0.15, 0.2) is 11.6 Å². The lowest BCUT2D eigenvalue weighted by Gasteiger charge is -2.13. The first-order valence-corrected chi connectivity index (χ1v) is 7.62. The Morgan fingerprint density at radius 2 is 2.07 bits per heavy atom. The fourth-order valence-electron chi connectivity index (χ4n) is 1.11. The van der Waals surface area contributed by atoms with Crippen LogP contribution in [-0.4, -0.2) is 28.3 Å². The number of rotatable bonds is 7. The highest BCUT2D eigenvalue weighted by molar-refractivity contribution is 6.53. The Balaban J connectivity index is 4.09. The molecule has 0 rings (SSSR count). The normalized spacial score (nSPS) is 13.7. The lowest BCUT2D eigenvalue weighted by Crippen LogP contribution is -2.27. The average molecular weight is 230 g/mol. The molecule has 1 atom stereocenters. The van der Waals surface area contributed by atoms with Crippen molar-refractivity contribution in [3.05, 3.63) is 11.6 Å². The van der Waals surface area contributed by atoms with Gasteiger partial charge < -0.3 is 9.16 Å². The summed E-state index contributed by atoms with van der Waals surface area (Å²) >= 11 is 0. The molecule has 0 aromatic heterocycles. The van der Waals surface area contributed by atoms with E-state index in [0.29, 0.717) is 6.23 Å². The lowest BCUT2D eigenvalue weighted by molar-refractivity contribution is -0.130. The standard InChI is InChI=1S/C11H22O3Si/c1-5-7-8-10(3)11(12)14-15(6-2)9-13-4/h8,15H,5-7,9H2,1-4H3. The number of ether oxygens (including phenoxy) is 1. The van der Waals surface area contributed by atoms with Gasteiger partial charge in [0.15, 0.2) is 0 Å². The number of carbonyl (C=O) groups excluding carboxylic acids is 1. The predicted octanol–water partition coefficient (Wildman–Crippen LogP) is 2.21. The molecular formula is C11H22O3Si. The van der Waals surface area contributed by atoms with Crippen LogP contribution in [0.1, 0.15) is 33.6 Å². The molecule has 1 unspecified atom stereocenters. The van der Waals surface area contributed by atoms with E-state index in [0.717, 1.165) is 24.5 Å². The quantitative estimate of drug-likeness (QED) is 0.497. The number of allylic oxidation sites excluding steroid dienone is 1. The molecule has 0 amide bonds. The van der Waals surface area contributed by atoms with Crippen molar-refractivity contribution in [3.63, 3.8) is 0 Å². The number of hydrogen-bond acceptors (Lipinski definition) is 3. The van der Waals surface area contributed by atoms with Crippen molar-refractivity contribution in [2.24, 2.45) is 0 Å². The maximum Gasteiger partial charge on any atom is 0.319 e. The first-order valence-electron chi connectivity index (χ1n) is 5.52. The molecule has 0 saturated carbocycles. The summed E-state index contributed by atoms with van der Waals surface area (Å²) in [7, 11) is 0.169. The summed E-state index contributed by atoms with van der Waals surface area (Å²) in [6.07, 6.45) is 4.53. The van der Waals surface area contributed by atoms with E-state index in [-0.39, 0.29) is 5.97 Å². The van der Waals surface area contributed by atoms with E-state index in [2.05, 4.69) is 6.92 Å². The van der Waals surface area contributed by atoms with Crippen molar-refractivity contribution in [1.82, 2.24) is 0 Å². The van der Waals surface area contributed by atoms with Crippen LogP contribution in [0.5, 0.6) is 0 Å². The predicted molar refractivity (Wildman–Crippen MR) is 64.3 cm³/mol. The molecule has 0 aliphatic rings. The zero-order valence-electron chi connectivity index (χ0n) is 10.2. The van der Waals surface area contributed by atoms with Crippen molar-refractivity contribution in [3.8, 4) is 0 Å². The molecule has 0 spiro atoms. The van der Waals surface area contributed by atoms with E-state index in [1.807, 2.05) is 19.9 Å². The van der Waals surface area contributed by atoms with E-state index in [1.54, 1.807) is 7.11 Å². The molecule has 0 saturated heterocycles. The van der Waals surface area contributed by atoms with Gasteiger partial charge in [-0.1, -0.05) is 26.3 Å². The molecular weight excluding hydrogens is 208 g/mol. The summed E-state index contributed by atoms with van der Waals surface area (Å²) in [5.74, 6) is -0.168. The Morgan fingerprint density at radius 3 is 2.53 bits per heavy atom. The third-order valence-electron chi connectivity index (χ3n) is 2.14. The molecule has 0 aromatic rings. The van der Waals surface area contributed by atoms with Crippen LogP contribution in [0, 0.1) is 0 Å². The molecule has 0 heterocycles. The van der Waals surface area contributed by atoms with Crippen molar-refractivity contribution >= 4 is 15.0 Å². The molecule has 15 heavy (non-hydrogen) atoms. The Hall–Kier alpha value is -0.613. The van der Waals surface area contributed by atoms with E-state index in [4.69, 9.17) is 9.16 Å². The van der Waals surface area contributed by atoms with Crippen molar-refractivity contribution < 1.29 is 14.0 Å². The number of unbranched alkanes of at least 4 members (excludes halogenated alkanes) is 1. The van der Waals surface area contributed by atoms with E-state index in [1.165, 1.54) is 0 Å². The minimum atomic E-state index is -1.47. The third kappa shape index (κ3) is 6.46. The summed E-state index contributed by atoms with van der Waals surface area (Å²) in [5.41, 5.74) is 0.721. The molecule has 0 aliphatic heterocycles. The van der Waals surface area contributed by atoms with Gasteiger partial charge in [0, 0.05) is 12.7 Å². The summed E-state index contributed by atoms with van der Waals surface area (Å²) in [6, 6.07) is 0.917. The fourth-order valence-corrected chi connectivity index (χ4v) is 2.44. The van der Waals surface area contributed by atoms with Crippen LogP contribution in [0.3, 0.4) is 0 Å². The van der Waals surface area contributed by atoms with Crippen LogP contribution in [0.4, 0.5) is 0 Å². The lowest BCUT2D eigenvalue weighted by atomic mass is 10.2. The van der Waals surface area contributed by atoms with Crippen molar-refractivity contribution in [2.75, 3.05) is 13.3 Å². The second kappa shape index (κ2) is 8.68.